The maximum Gasteiger partial charge on any atom is 0.140 e. The van der Waals surface area contributed by atoms with Crippen LogP contribution in [0, 0.1) is 13.8 Å². The Hall–Kier alpha value is -0.770. The van der Waals surface area contributed by atoms with Gasteiger partial charge in [0.1, 0.15) is 5.75 Å². The van der Waals surface area contributed by atoms with Crippen LogP contribution in [0.3, 0.4) is 0 Å². The van der Waals surface area contributed by atoms with E-state index < -0.39 is 6.10 Å². The van der Waals surface area contributed by atoms with Gasteiger partial charge in [-0.25, -0.2) is 0 Å². The zero-order chi connectivity index (χ0) is 12.3. The Morgan fingerprint density at radius 3 is 2.62 bits per heavy atom. The molecule has 0 spiro atoms. The van der Waals surface area contributed by atoms with Crippen molar-refractivity contribution in [3.05, 3.63) is 27.8 Å². The molecule has 0 aliphatic carbocycles. The Morgan fingerprint density at radius 2 is 2.12 bits per heavy atom. The van der Waals surface area contributed by atoms with Crippen LogP contribution in [0.15, 0.2) is 6.07 Å². The molecule has 3 nitrogen and oxygen atoms in total. The minimum Gasteiger partial charge on any atom is -0.495 e. The molecule has 0 aliphatic rings. The van der Waals surface area contributed by atoms with E-state index in [2.05, 4.69) is 0 Å². The first-order valence-corrected chi connectivity index (χ1v) is 5.62. The molecule has 0 aromatic heterocycles. The summed E-state index contributed by atoms with van der Waals surface area (Å²) in [5.41, 5.74) is 8.03. The molecule has 0 saturated heterocycles. The van der Waals surface area contributed by atoms with Crippen LogP contribution < -0.4 is 10.5 Å². The molecule has 1 unspecified atom stereocenters. The predicted molar refractivity (Wildman–Crippen MR) is 66.1 cm³/mol. The molecule has 3 N–H and O–H groups in total. The highest BCUT2D eigenvalue weighted by atomic mass is 35.5. The lowest BCUT2D eigenvalue weighted by Crippen LogP contribution is -2.09. The van der Waals surface area contributed by atoms with Gasteiger partial charge in [0.2, 0.25) is 0 Å². The quantitative estimate of drug-likeness (QED) is 0.854. The monoisotopic (exact) mass is 243 g/mol. The molecule has 90 valence electrons. The van der Waals surface area contributed by atoms with Crippen LogP contribution >= 0.6 is 11.6 Å². The minimum atomic E-state index is -0.563. The highest BCUT2D eigenvalue weighted by molar-refractivity contribution is 6.33. The number of aliphatic hydroxyl groups is 1. The van der Waals surface area contributed by atoms with E-state index in [0.29, 0.717) is 23.7 Å². The smallest absolute Gasteiger partial charge is 0.140 e. The van der Waals surface area contributed by atoms with Gasteiger partial charge >= 0.3 is 0 Å². The van der Waals surface area contributed by atoms with Crippen LogP contribution in [0.1, 0.15) is 29.2 Å². The summed E-state index contributed by atoms with van der Waals surface area (Å²) in [6, 6.07) is 1.90. The van der Waals surface area contributed by atoms with Crippen molar-refractivity contribution in [2.24, 2.45) is 5.73 Å². The first kappa shape index (κ1) is 13.3. The molecule has 16 heavy (non-hydrogen) atoms. The van der Waals surface area contributed by atoms with Gasteiger partial charge in [-0.05, 0) is 49.6 Å². The highest BCUT2D eigenvalue weighted by Crippen LogP contribution is 2.36. The van der Waals surface area contributed by atoms with E-state index in [9.17, 15) is 5.11 Å². The summed E-state index contributed by atoms with van der Waals surface area (Å²) in [6.07, 6.45) is -0.0322. The fourth-order valence-corrected chi connectivity index (χ4v) is 2.12. The van der Waals surface area contributed by atoms with Crippen molar-refractivity contribution in [1.82, 2.24) is 0 Å². The van der Waals surface area contributed by atoms with E-state index in [1.54, 1.807) is 7.11 Å². The number of benzene rings is 1. The second-order valence-electron chi connectivity index (χ2n) is 3.85. The third kappa shape index (κ3) is 2.48. The molecular formula is C12H18ClNO2. The maximum absolute atomic E-state index is 9.93. The van der Waals surface area contributed by atoms with Gasteiger partial charge in [-0.3, -0.25) is 0 Å². The van der Waals surface area contributed by atoms with Crippen LogP contribution in [-0.2, 0) is 0 Å². The Balaban J connectivity index is 3.22. The van der Waals surface area contributed by atoms with E-state index >= 15 is 0 Å². The molecule has 0 saturated carbocycles. The number of hydrogen-bond acceptors (Lipinski definition) is 3. The Morgan fingerprint density at radius 1 is 1.50 bits per heavy atom. The molecule has 4 heteroatoms. The van der Waals surface area contributed by atoms with Crippen molar-refractivity contribution in [1.29, 1.82) is 0 Å². The first-order valence-electron chi connectivity index (χ1n) is 5.24. The van der Waals surface area contributed by atoms with Gasteiger partial charge in [0.15, 0.2) is 0 Å². The SMILES string of the molecule is COc1c(C)cc(C(O)CCN)c(C)c1Cl. The van der Waals surface area contributed by atoms with E-state index in [1.807, 2.05) is 19.9 Å². The standard InChI is InChI=1S/C12H18ClNO2/c1-7-6-9(10(15)4-5-14)8(2)11(13)12(7)16-3/h6,10,15H,4-5,14H2,1-3H3. The summed E-state index contributed by atoms with van der Waals surface area (Å²) in [4.78, 5) is 0. The number of aryl methyl sites for hydroxylation is 1. The Bertz CT molecular complexity index is 380. The van der Waals surface area contributed by atoms with Gasteiger partial charge in [-0.15, -0.1) is 0 Å². The molecule has 0 radical (unpaired) electrons. The number of methoxy groups -OCH3 is 1. The van der Waals surface area contributed by atoms with Crippen molar-refractivity contribution >= 4 is 11.6 Å². The van der Waals surface area contributed by atoms with Crippen LogP contribution in [0.4, 0.5) is 0 Å². The van der Waals surface area contributed by atoms with E-state index in [1.165, 1.54) is 0 Å². The minimum absolute atomic E-state index is 0.448. The van der Waals surface area contributed by atoms with Crippen LogP contribution in [-0.4, -0.2) is 18.8 Å². The lowest BCUT2D eigenvalue weighted by Gasteiger charge is -2.17. The fourth-order valence-electron chi connectivity index (χ4n) is 1.79. The molecule has 1 rings (SSSR count). The van der Waals surface area contributed by atoms with Gasteiger partial charge in [0.25, 0.3) is 0 Å². The molecule has 0 aliphatic heterocycles. The zero-order valence-electron chi connectivity index (χ0n) is 9.88. The number of hydrogen-bond donors (Lipinski definition) is 2. The predicted octanol–water partition coefficient (Wildman–Crippen LogP) is 2.35. The molecule has 1 atom stereocenters. The largest absolute Gasteiger partial charge is 0.495 e. The number of halogens is 1. The van der Waals surface area contributed by atoms with Gasteiger partial charge in [-0.2, -0.15) is 0 Å². The molecule has 0 heterocycles. The summed E-state index contributed by atoms with van der Waals surface area (Å²) in [6.45, 7) is 4.23. The number of nitrogens with two attached hydrogens (primary N) is 1. The maximum atomic E-state index is 9.93. The second kappa shape index (κ2) is 5.53. The molecule has 0 fully saturated rings. The lowest BCUT2D eigenvalue weighted by atomic mass is 9.98. The van der Waals surface area contributed by atoms with Crippen LogP contribution in [0.25, 0.3) is 0 Å². The third-order valence-electron chi connectivity index (χ3n) is 2.69. The highest BCUT2D eigenvalue weighted by Gasteiger charge is 2.16. The summed E-state index contributed by atoms with van der Waals surface area (Å²) in [5, 5.41) is 10.5. The third-order valence-corrected chi connectivity index (χ3v) is 3.15. The Kier molecular flexibility index (Phi) is 4.59. The molecule has 0 amide bonds. The van der Waals surface area contributed by atoms with Gasteiger partial charge in [-0.1, -0.05) is 11.6 Å². The summed E-state index contributed by atoms with van der Waals surface area (Å²) >= 11 is 6.18. The number of aliphatic hydroxyl groups excluding tert-OH is 1. The average Bonchev–Trinajstić information content (AvgIpc) is 2.24. The van der Waals surface area contributed by atoms with Gasteiger partial charge in [0.05, 0.1) is 18.2 Å². The average molecular weight is 244 g/mol. The van der Waals surface area contributed by atoms with E-state index in [0.717, 1.165) is 16.7 Å². The molecule has 0 bridgehead atoms. The van der Waals surface area contributed by atoms with Crippen molar-refractivity contribution in [2.45, 2.75) is 26.4 Å². The summed E-state index contributed by atoms with van der Waals surface area (Å²) < 4.78 is 5.21. The molecular weight excluding hydrogens is 226 g/mol. The van der Waals surface area contributed by atoms with E-state index in [-0.39, 0.29) is 0 Å². The normalized spacial score (nSPS) is 12.6. The first-order chi connectivity index (χ1) is 7.52. The molecule has 1 aromatic rings. The topological polar surface area (TPSA) is 55.5 Å². The van der Waals surface area contributed by atoms with Gasteiger partial charge < -0.3 is 15.6 Å². The number of rotatable bonds is 4. The number of ether oxygens (including phenoxy) is 1. The van der Waals surface area contributed by atoms with Crippen molar-refractivity contribution in [3.8, 4) is 5.75 Å². The van der Waals surface area contributed by atoms with Crippen molar-refractivity contribution in [2.75, 3.05) is 13.7 Å². The van der Waals surface area contributed by atoms with Crippen LogP contribution in [0.5, 0.6) is 5.75 Å². The Labute approximate surface area is 101 Å². The van der Waals surface area contributed by atoms with E-state index in [4.69, 9.17) is 22.1 Å². The zero-order valence-corrected chi connectivity index (χ0v) is 10.6. The summed E-state index contributed by atoms with van der Waals surface area (Å²) in [5.74, 6) is 0.669. The van der Waals surface area contributed by atoms with Crippen molar-refractivity contribution in [3.63, 3.8) is 0 Å². The lowest BCUT2D eigenvalue weighted by molar-refractivity contribution is 0.169. The van der Waals surface area contributed by atoms with Crippen LogP contribution in [0.2, 0.25) is 5.02 Å². The fraction of sp³-hybridized carbons (Fsp3) is 0.500. The second-order valence-corrected chi connectivity index (χ2v) is 4.23. The van der Waals surface area contributed by atoms with Gasteiger partial charge in [0, 0.05) is 0 Å². The van der Waals surface area contributed by atoms with Crippen molar-refractivity contribution < 1.29 is 9.84 Å². The molecule has 1 aromatic carbocycles. The summed E-state index contributed by atoms with van der Waals surface area (Å²) in [7, 11) is 1.59.